The summed E-state index contributed by atoms with van der Waals surface area (Å²) < 4.78 is 28.4. The Morgan fingerprint density at radius 2 is 2.47 bits per heavy atom. The molecule has 8 nitrogen and oxygen atoms in total. The summed E-state index contributed by atoms with van der Waals surface area (Å²) in [5, 5.41) is 15.5. The molecule has 0 amide bonds. The summed E-state index contributed by atoms with van der Waals surface area (Å²) >= 11 is 0. The summed E-state index contributed by atoms with van der Waals surface area (Å²) in [6.45, 7) is 2.55. The first-order chi connectivity index (χ1) is 9.03. The number of hydrogen-bond acceptors (Lipinski definition) is 5. The van der Waals surface area contributed by atoms with Gasteiger partial charge in [0.25, 0.3) is 10.2 Å². The lowest BCUT2D eigenvalue weighted by atomic mass is 10.0. The molecule has 0 spiro atoms. The van der Waals surface area contributed by atoms with Crippen LogP contribution in [0.2, 0.25) is 0 Å². The third-order valence-corrected chi connectivity index (χ3v) is 4.91. The molecule has 9 heteroatoms. The van der Waals surface area contributed by atoms with Crippen LogP contribution in [0.3, 0.4) is 0 Å². The van der Waals surface area contributed by atoms with Crippen LogP contribution in [0.15, 0.2) is 6.33 Å². The second-order valence-corrected chi connectivity index (χ2v) is 6.47. The molecule has 1 aromatic heterocycles. The molecule has 19 heavy (non-hydrogen) atoms. The monoisotopic (exact) mass is 289 g/mol. The van der Waals surface area contributed by atoms with Crippen molar-refractivity contribution in [3.63, 3.8) is 0 Å². The van der Waals surface area contributed by atoms with Gasteiger partial charge in [-0.2, -0.15) is 22.5 Å². The van der Waals surface area contributed by atoms with Gasteiger partial charge in [-0.3, -0.25) is 5.10 Å². The Hall–Kier alpha value is -1.03. The molecule has 2 unspecified atom stereocenters. The van der Waals surface area contributed by atoms with Gasteiger partial charge in [0.1, 0.15) is 12.2 Å². The van der Waals surface area contributed by atoms with Gasteiger partial charge in [-0.1, -0.05) is 0 Å². The van der Waals surface area contributed by atoms with E-state index in [4.69, 9.17) is 5.11 Å². The number of hydrogen-bond donors (Lipinski definition) is 3. The Kier molecular flexibility index (Phi) is 4.50. The van der Waals surface area contributed by atoms with Crippen LogP contribution in [-0.4, -0.2) is 52.7 Å². The van der Waals surface area contributed by atoms with Crippen LogP contribution >= 0.6 is 0 Å². The van der Waals surface area contributed by atoms with Crippen LogP contribution in [0.5, 0.6) is 0 Å². The number of nitrogens with zero attached hydrogens (tertiary/aromatic N) is 3. The number of aliphatic hydroxyl groups excluding tert-OH is 1. The second kappa shape index (κ2) is 5.95. The summed E-state index contributed by atoms with van der Waals surface area (Å²) in [4.78, 5) is 3.92. The van der Waals surface area contributed by atoms with E-state index in [1.807, 2.05) is 0 Å². The zero-order chi connectivity index (χ0) is 13.9. The van der Waals surface area contributed by atoms with Crippen molar-refractivity contribution in [1.29, 1.82) is 0 Å². The molecule has 1 aliphatic heterocycles. The van der Waals surface area contributed by atoms with Crippen LogP contribution in [0.25, 0.3) is 0 Å². The number of rotatable bonds is 5. The van der Waals surface area contributed by atoms with E-state index in [0.29, 0.717) is 18.9 Å². The normalized spacial score (nSPS) is 23.4. The summed E-state index contributed by atoms with van der Waals surface area (Å²) in [6.07, 6.45) is 2.96. The van der Waals surface area contributed by atoms with Crippen LogP contribution in [0.1, 0.15) is 31.6 Å². The van der Waals surface area contributed by atoms with E-state index in [-0.39, 0.29) is 12.5 Å². The fraction of sp³-hybridized carbons (Fsp3) is 0.800. The smallest absolute Gasteiger partial charge is 0.280 e. The molecule has 0 aromatic carbocycles. The van der Waals surface area contributed by atoms with E-state index in [1.54, 1.807) is 6.92 Å². The van der Waals surface area contributed by atoms with Gasteiger partial charge < -0.3 is 5.11 Å². The van der Waals surface area contributed by atoms with E-state index < -0.39 is 16.3 Å². The van der Waals surface area contributed by atoms with Gasteiger partial charge in [-0.05, 0) is 25.7 Å². The van der Waals surface area contributed by atoms with Gasteiger partial charge in [0, 0.05) is 19.7 Å². The minimum atomic E-state index is -3.57. The third kappa shape index (κ3) is 3.50. The Bertz CT molecular complexity index is 489. The molecule has 0 radical (unpaired) electrons. The van der Waals surface area contributed by atoms with E-state index >= 15 is 0 Å². The third-order valence-electron chi connectivity index (χ3n) is 3.25. The second-order valence-electron chi connectivity index (χ2n) is 4.76. The maximum absolute atomic E-state index is 12.2. The molecule has 1 fully saturated rings. The summed E-state index contributed by atoms with van der Waals surface area (Å²) in [5.41, 5.74) is 0. The van der Waals surface area contributed by atoms with Crippen molar-refractivity contribution in [3.05, 3.63) is 12.2 Å². The fourth-order valence-electron chi connectivity index (χ4n) is 2.17. The lowest BCUT2D eigenvalue weighted by Gasteiger charge is -2.31. The van der Waals surface area contributed by atoms with Crippen molar-refractivity contribution in [2.45, 2.75) is 25.8 Å². The molecule has 1 aromatic rings. The highest BCUT2D eigenvalue weighted by Crippen LogP contribution is 2.19. The van der Waals surface area contributed by atoms with Crippen molar-refractivity contribution in [3.8, 4) is 0 Å². The molecule has 1 saturated heterocycles. The first-order valence-electron chi connectivity index (χ1n) is 6.26. The van der Waals surface area contributed by atoms with Crippen molar-refractivity contribution < 1.29 is 13.5 Å². The fourth-order valence-corrected chi connectivity index (χ4v) is 3.66. The molecule has 108 valence electrons. The van der Waals surface area contributed by atoms with Crippen molar-refractivity contribution in [2.24, 2.45) is 5.92 Å². The summed E-state index contributed by atoms with van der Waals surface area (Å²) in [7, 11) is -3.57. The Balaban J connectivity index is 2.01. The van der Waals surface area contributed by atoms with Crippen LogP contribution in [0.4, 0.5) is 0 Å². The van der Waals surface area contributed by atoms with Crippen LogP contribution < -0.4 is 4.72 Å². The van der Waals surface area contributed by atoms with E-state index in [0.717, 1.165) is 12.8 Å². The van der Waals surface area contributed by atoms with Crippen LogP contribution in [-0.2, 0) is 10.2 Å². The van der Waals surface area contributed by atoms with Crippen LogP contribution in [0, 0.1) is 5.92 Å². The Morgan fingerprint density at radius 1 is 1.68 bits per heavy atom. The molecule has 2 atom stereocenters. The molecule has 2 rings (SSSR count). The minimum absolute atomic E-state index is 0.0175. The maximum Gasteiger partial charge on any atom is 0.280 e. The van der Waals surface area contributed by atoms with Gasteiger partial charge in [-0.15, -0.1) is 0 Å². The number of aliphatic hydroxyl groups is 1. The van der Waals surface area contributed by atoms with Gasteiger partial charge >= 0.3 is 0 Å². The molecular weight excluding hydrogens is 270 g/mol. The molecule has 0 saturated carbocycles. The predicted molar refractivity (Wildman–Crippen MR) is 68.2 cm³/mol. The first-order valence-corrected chi connectivity index (χ1v) is 7.70. The Morgan fingerprint density at radius 3 is 3.11 bits per heavy atom. The van der Waals surface area contributed by atoms with Gasteiger partial charge in [0.15, 0.2) is 0 Å². The van der Waals surface area contributed by atoms with Gasteiger partial charge in [0.05, 0.1) is 6.04 Å². The highest BCUT2D eigenvalue weighted by molar-refractivity contribution is 7.87. The maximum atomic E-state index is 12.2. The van der Waals surface area contributed by atoms with E-state index in [2.05, 4.69) is 19.9 Å². The van der Waals surface area contributed by atoms with Crippen molar-refractivity contribution in [1.82, 2.24) is 24.2 Å². The number of nitrogens with one attached hydrogen (secondary N) is 2. The number of H-pyrrole nitrogens is 1. The predicted octanol–water partition coefficient (Wildman–Crippen LogP) is -0.596. The average Bonchev–Trinajstić information content (AvgIpc) is 2.92. The molecule has 2 heterocycles. The number of piperidine rings is 1. The number of aromatic nitrogens is 3. The number of aromatic amines is 1. The van der Waals surface area contributed by atoms with Gasteiger partial charge in [-0.25, -0.2) is 4.98 Å². The highest BCUT2D eigenvalue weighted by atomic mass is 32.2. The average molecular weight is 289 g/mol. The van der Waals surface area contributed by atoms with Crippen molar-refractivity contribution >= 4 is 10.2 Å². The zero-order valence-corrected chi connectivity index (χ0v) is 11.6. The molecule has 1 aliphatic rings. The molecular formula is C10H19N5O3S. The molecule has 3 N–H and O–H groups in total. The van der Waals surface area contributed by atoms with Crippen molar-refractivity contribution in [2.75, 3.05) is 19.7 Å². The molecule has 0 bridgehead atoms. The Labute approximate surface area is 112 Å². The molecule has 0 aliphatic carbocycles. The SMILES string of the molecule is CC(NS(=O)(=O)N1CCCC(CO)C1)c1ncn[nH]1. The first kappa shape index (κ1) is 14.4. The standard InChI is InChI=1S/C10H19N5O3S/c1-8(10-11-7-12-13-10)14-19(17,18)15-4-2-3-9(5-15)6-16/h7-9,14,16H,2-6H2,1H3,(H,11,12,13). The summed E-state index contributed by atoms with van der Waals surface area (Å²) in [6, 6.07) is -0.470. The topological polar surface area (TPSA) is 111 Å². The quantitative estimate of drug-likeness (QED) is 0.670. The van der Waals surface area contributed by atoms with E-state index in [9.17, 15) is 8.42 Å². The lowest BCUT2D eigenvalue weighted by Crippen LogP contribution is -2.47. The van der Waals surface area contributed by atoms with E-state index in [1.165, 1.54) is 10.6 Å². The highest BCUT2D eigenvalue weighted by Gasteiger charge is 2.30. The minimum Gasteiger partial charge on any atom is -0.396 e. The largest absolute Gasteiger partial charge is 0.396 e. The summed E-state index contributed by atoms with van der Waals surface area (Å²) in [5.74, 6) is 0.491. The van der Waals surface area contributed by atoms with Gasteiger partial charge in [0.2, 0.25) is 0 Å². The zero-order valence-electron chi connectivity index (χ0n) is 10.8. The lowest BCUT2D eigenvalue weighted by molar-refractivity contribution is 0.164.